The third-order valence-electron chi connectivity index (χ3n) is 8.18. The zero-order valence-corrected chi connectivity index (χ0v) is 23.3. The number of carbonyl (C=O) groups is 1. The molecule has 0 saturated heterocycles. The van der Waals surface area contributed by atoms with E-state index in [1.807, 2.05) is 12.1 Å². The van der Waals surface area contributed by atoms with Gasteiger partial charge in [-0.2, -0.15) is 0 Å². The van der Waals surface area contributed by atoms with Crippen LogP contribution in [0, 0.1) is 0 Å². The highest BCUT2D eigenvalue weighted by atomic mass is 16.5. The Kier molecular flexibility index (Phi) is 8.75. The Morgan fingerprint density at radius 1 is 1.08 bits per heavy atom. The van der Waals surface area contributed by atoms with Crippen LogP contribution in [0.1, 0.15) is 53.9 Å². The number of nitrogens with one attached hydrogen (secondary N) is 1. The van der Waals surface area contributed by atoms with Crippen LogP contribution < -0.4 is 15.0 Å². The molecular formula is C31H42N4O4. The van der Waals surface area contributed by atoms with Gasteiger partial charge in [-0.3, -0.25) is 0 Å². The Balaban J connectivity index is 1.63. The Bertz CT molecular complexity index is 1300. The summed E-state index contributed by atoms with van der Waals surface area (Å²) in [5.74, 6) is 0.429. The number of aliphatic hydroxyl groups excluding tert-OH is 1. The van der Waals surface area contributed by atoms with E-state index in [4.69, 9.17) is 9.84 Å². The van der Waals surface area contributed by atoms with E-state index in [0.717, 1.165) is 37.4 Å². The Hall–Kier alpha value is -3.07. The highest BCUT2D eigenvalue weighted by molar-refractivity contribution is 5.99. The molecule has 0 spiro atoms. The Labute approximate surface area is 231 Å². The highest BCUT2D eigenvalue weighted by Crippen LogP contribution is 2.48. The molecule has 1 aliphatic heterocycles. The fourth-order valence-corrected chi connectivity index (χ4v) is 6.24. The number of nitrogens with zero attached hydrogens (tertiary/aromatic N) is 3. The SMILES string of the molecule is CN(C)CCN1CCn2c(c(C3CCCCC3)c3ccc(C(=O)O)cc32)-c2ccc(OCCNCCO)cc21. The molecule has 1 fully saturated rings. The van der Waals surface area contributed by atoms with Gasteiger partial charge in [0, 0.05) is 67.5 Å². The molecule has 3 N–H and O–H groups in total. The molecule has 8 heteroatoms. The summed E-state index contributed by atoms with van der Waals surface area (Å²) in [6, 6.07) is 12.1. The number of carboxylic acids is 1. The number of aliphatic hydroxyl groups is 1. The lowest BCUT2D eigenvalue weighted by atomic mass is 9.81. The van der Waals surface area contributed by atoms with Gasteiger partial charge in [-0.25, -0.2) is 4.79 Å². The van der Waals surface area contributed by atoms with Gasteiger partial charge >= 0.3 is 5.97 Å². The van der Waals surface area contributed by atoms with Crippen molar-refractivity contribution in [1.29, 1.82) is 0 Å². The van der Waals surface area contributed by atoms with Crippen LogP contribution in [0.2, 0.25) is 0 Å². The number of anilines is 1. The minimum atomic E-state index is -0.886. The van der Waals surface area contributed by atoms with Gasteiger partial charge in [0.2, 0.25) is 0 Å². The summed E-state index contributed by atoms with van der Waals surface area (Å²) < 4.78 is 8.50. The zero-order chi connectivity index (χ0) is 27.4. The Morgan fingerprint density at radius 3 is 2.64 bits per heavy atom. The first-order chi connectivity index (χ1) is 19.0. The average Bonchev–Trinajstić information content (AvgIpc) is 3.17. The lowest BCUT2D eigenvalue weighted by Crippen LogP contribution is -2.33. The quantitative estimate of drug-likeness (QED) is 0.314. The molecule has 8 nitrogen and oxygen atoms in total. The molecular weight excluding hydrogens is 492 g/mol. The molecule has 210 valence electrons. The molecule has 1 aromatic heterocycles. The van der Waals surface area contributed by atoms with Crippen LogP contribution in [0.3, 0.4) is 0 Å². The molecule has 39 heavy (non-hydrogen) atoms. The molecule has 1 saturated carbocycles. The van der Waals surface area contributed by atoms with Gasteiger partial charge in [-0.15, -0.1) is 0 Å². The molecule has 0 unspecified atom stereocenters. The first kappa shape index (κ1) is 27.5. The van der Waals surface area contributed by atoms with E-state index in [1.54, 1.807) is 6.07 Å². The number of likely N-dealkylation sites (N-methyl/N-ethyl adjacent to an activating group) is 1. The maximum Gasteiger partial charge on any atom is 0.335 e. The fourth-order valence-electron chi connectivity index (χ4n) is 6.24. The van der Waals surface area contributed by atoms with Gasteiger partial charge in [0.05, 0.1) is 17.9 Å². The molecule has 5 rings (SSSR count). The summed E-state index contributed by atoms with van der Waals surface area (Å²) in [5, 5.41) is 23.2. The standard InChI is InChI=1S/C31H42N4O4/c1-33(2)14-15-34-16-17-35-28-20-23(31(37)38)8-10-25(28)29(22-6-4-3-5-7-22)30(35)26-11-9-24(21-27(26)34)39-19-13-32-12-18-36/h8-11,20-22,32,36H,3-7,12-19H2,1-2H3,(H,37,38). The second kappa shape index (κ2) is 12.4. The van der Waals surface area contributed by atoms with Crippen LogP contribution in [-0.4, -0.2) is 85.7 Å². The van der Waals surface area contributed by atoms with Crippen molar-refractivity contribution in [3.63, 3.8) is 0 Å². The van der Waals surface area contributed by atoms with Gasteiger partial charge in [0.15, 0.2) is 0 Å². The van der Waals surface area contributed by atoms with Gasteiger partial charge in [0.1, 0.15) is 12.4 Å². The summed E-state index contributed by atoms with van der Waals surface area (Å²) in [6.07, 6.45) is 6.12. The van der Waals surface area contributed by atoms with Crippen LogP contribution in [0.25, 0.3) is 22.2 Å². The Morgan fingerprint density at radius 2 is 1.90 bits per heavy atom. The highest BCUT2D eigenvalue weighted by Gasteiger charge is 2.31. The number of fused-ring (bicyclic) bond motifs is 5. The third kappa shape index (κ3) is 5.93. The summed E-state index contributed by atoms with van der Waals surface area (Å²) in [4.78, 5) is 16.6. The van der Waals surface area contributed by atoms with E-state index in [9.17, 15) is 9.90 Å². The minimum Gasteiger partial charge on any atom is -0.492 e. The van der Waals surface area contributed by atoms with Crippen molar-refractivity contribution < 1.29 is 19.7 Å². The number of benzene rings is 2. The van der Waals surface area contributed by atoms with Crippen molar-refractivity contribution in [2.75, 3.05) is 64.9 Å². The number of carboxylic acid groups (broad SMARTS) is 1. The van der Waals surface area contributed by atoms with Crippen molar-refractivity contribution >= 4 is 22.6 Å². The van der Waals surface area contributed by atoms with Crippen molar-refractivity contribution in [2.24, 2.45) is 0 Å². The monoisotopic (exact) mass is 534 g/mol. The van der Waals surface area contributed by atoms with Crippen LogP contribution in [-0.2, 0) is 6.54 Å². The first-order valence-electron chi connectivity index (χ1n) is 14.4. The van der Waals surface area contributed by atoms with E-state index in [2.05, 4.69) is 52.0 Å². The van der Waals surface area contributed by atoms with Gasteiger partial charge < -0.3 is 34.6 Å². The van der Waals surface area contributed by atoms with Crippen LogP contribution in [0.15, 0.2) is 36.4 Å². The van der Waals surface area contributed by atoms with Crippen molar-refractivity contribution in [3.05, 3.63) is 47.5 Å². The zero-order valence-electron chi connectivity index (χ0n) is 23.3. The maximum atomic E-state index is 11.9. The van der Waals surface area contributed by atoms with E-state index in [1.165, 1.54) is 60.0 Å². The predicted molar refractivity (Wildman–Crippen MR) is 156 cm³/mol. The summed E-state index contributed by atoms with van der Waals surface area (Å²) in [5.41, 5.74) is 6.38. The average molecular weight is 535 g/mol. The lowest BCUT2D eigenvalue weighted by Gasteiger charge is -2.27. The van der Waals surface area contributed by atoms with E-state index in [-0.39, 0.29) is 6.61 Å². The van der Waals surface area contributed by atoms with Crippen LogP contribution >= 0.6 is 0 Å². The minimum absolute atomic E-state index is 0.116. The number of aromatic carboxylic acids is 1. The topological polar surface area (TPSA) is 90.2 Å². The molecule has 0 radical (unpaired) electrons. The van der Waals surface area contributed by atoms with E-state index in [0.29, 0.717) is 31.2 Å². The van der Waals surface area contributed by atoms with Crippen LogP contribution in [0.5, 0.6) is 5.75 Å². The summed E-state index contributed by atoms with van der Waals surface area (Å²) >= 11 is 0. The fraction of sp³-hybridized carbons (Fsp3) is 0.516. The second-order valence-electron chi connectivity index (χ2n) is 11.1. The normalized spacial score (nSPS) is 15.8. The van der Waals surface area contributed by atoms with Crippen molar-refractivity contribution in [3.8, 4) is 17.0 Å². The molecule has 3 aromatic rings. The third-order valence-corrected chi connectivity index (χ3v) is 8.18. The van der Waals surface area contributed by atoms with E-state index >= 15 is 0 Å². The number of aromatic nitrogens is 1. The predicted octanol–water partition coefficient (Wildman–Crippen LogP) is 4.40. The number of hydrogen-bond acceptors (Lipinski definition) is 6. The largest absolute Gasteiger partial charge is 0.492 e. The lowest BCUT2D eigenvalue weighted by molar-refractivity contribution is 0.0697. The second-order valence-corrected chi connectivity index (χ2v) is 11.1. The molecule has 2 aromatic carbocycles. The van der Waals surface area contributed by atoms with Gasteiger partial charge in [0.25, 0.3) is 0 Å². The molecule has 0 bridgehead atoms. The summed E-state index contributed by atoms with van der Waals surface area (Å²) in [7, 11) is 4.20. The number of hydrogen-bond donors (Lipinski definition) is 3. The molecule has 2 aliphatic rings. The van der Waals surface area contributed by atoms with Crippen molar-refractivity contribution in [1.82, 2.24) is 14.8 Å². The van der Waals surface area contributed by atoms with Crippen LogP contribution in [0.4, 0.5) is 5.69 Å². The van der Waals surface area contributed by atoms with Crippen molar-refractivity contribution in [2.45, 2.75) is 44.6 Å². The van der Waals surface area contributed by atoms with Gasteiger partial charge in [-0.05, 0) is 62.7 Å². The first-order valence-corrected chi connectivity index (χ1v) is 14.4. The van der Waals surface area contributed by atoms with Gasteiger partial charge in [-0.1, -0.05) is 25.3 Å². The molecule has 0 amide bonds. The maximum absolute atomic E-state index is 11.9. The molecule has 2 heterocycles. The number of ether oxygens (including phenoxy) is 1. The summed E-state index contributed by atoms with van der Waals surface area (Å²) in [6.45, 7) is 5.34. The smallest absolute Gasteiger partial charge is 0.335 e. The van der Waals surface area contributed by atoms with E-state index < -0.39 is 5.97 Å². The molecule has 0 atom stereocenters. The molecule has 1 aliphatic carbocycles. The number of rotatable bonds is 11.